The Morgan fingerprint density at radius 1 is 1.43 bits per heavy atom. The third-order valence-corrected chi connectivity index (χ3v) is 4.73. The third kappa shape index (κ3) is 3.25. The second-order valence-corrected chi connectivity index (χ2v) is 7.64. The lowest BCUT2D eigenvalue weighted by molar-refractivity contribution is 0.170. The number of fused-ring (bicyclic) bond motifs is 1. The van der Waals surface area contributed by atoms with Crippen molar-refractivity contribution < 1.29 is 4.39 Å². The molecule has 0 bridgehead atoms. The summed E-state index contributed by atoms with van der Waals surface area (Å²) in [4.78, 5) is 6.71. The van der Waals surface area contributed by atoms with E-state index < -0.39 is 0 Å². The fourth-order valence-corrected chi connectivity index (χ4v) is 2.63. The minimum Gasteiger partial charge on any atom is -0.325 e. The minimum absolute atomic E-state index is 0.0995. The number of nitrogens with zero attached hydrogens (tertiary/aromatic N) is 3. The van der Waals surface area contributed by atoms with Gasteiger partial charge >= 0.3 is 0 Å². The number of alkyl halides is 1. The molecule has 116 valence electrons. The summed E-state index contributed by atoms with van der Waals surface area (Å²) < 4.78 is 16.3. The molecule has 0 N–H and O–H groups in total. The van der Waals surface area contributed by atoms with Gasteiger partial charge in [0.2, 0.25) is 0 Å². The zero-order chi connectivity index (χ0) is 15.9. The topological polar surface area (TPSA) is 21.1 Å². The summed E-state index contributed by atoms with van der Waals surface area (Å²) in [6.45, 7) is 6.84. The van der Waals surface area contributed by atoms with Crippen molar-refractivity contribution in [1.29, 1.82) is 0 Å². The largest absolute Gasteiger partial charge is 0.325 e. The Balaban J connectivity index is 2.64. The first kappa shape index (κ1) is 16.7. The summed E-state index contributed by atoms with van der Waals surface area (Å²) in [7, 11) is 4.06. The van der Waals surface area contributed by atoms with Gasteiger partial charge in [-0.2, -0.15) is 0 Å². The van der Waals surface area contributed by atoms with Gasteiger partial charge in [0.15, 0.2) is 0 Å². The lowest BCUT2D eigenvalue weighted by Gasteiger charge is -2.33. The van der Waals surface area contributed by atoms with Crippen molar-refractivity contribution in [3.8, 4) is 0 Å². The number of imidazole rings is 1. The average molecular weight is 377 g/mol. The third-order valence-electron chi connectivity index (χ3n) is 3.93. The maximum Gasteiger partial charge on any atom is 0.139 e. The van der Waals surface area contributed by atoms with E-state index in [0.717, 1.165) is 16.9 Å². The Kier molecular flexibility index (Phi) is 4.66. The van der Waals surface area contributed by atoms with Crippen LogP contribution in [-0.4, -0.2) is 34.1 Å². The second-order valence-electron chi connectivity index (χ2n) is 6.13. The Morgan fingerprint density at radius 2 is 2.05 bits per heavy atom. The van der Waals surface area contributed by atoms with Gasteiger partial charge in [0.05, 0.1) is 20.9 Å². The van der Waals surface area contributed by atoms with Crippen LogP contribution in [0.15, 0.2) is 16.6 Å². The molecule has 0 aliphatic heterocycles. The number of aromatic nitrogens is 2. The van der Waals surface area contributed by atoms with Crippen LogP contribution in [0.2, 0.25) is 0 Å². The molecule has 2 rings (SSSR count). The fourth-order valence-electron chi connectivity index (χ4n) is 2.14. The molecule has 21 heavy (non-hydrogen) atoms. The number of halogens is 3. The van der Waals surface area contributed by atoms with Gasteiger partial charge < -0.3 is 9.47 Å². The van der Waals surface area contributed by atoms with Gasteiger partial charge in [0.25, 0.3) is 0 Å². The lowest BCUT2D eigenvalue weighted by Crippen LogP contribution is -2.42. The predicted molar refractivity (Wildman–Crippen MR) is 89.4 cm³/mol. The van der Waals surface area contributed by atoms with Crippen LogP contribution >= 0.6 is 27.5 Å². The van der Waals surface area contributed by atoms with E-state index in [0.29, 0.717) is 11.0 Å². The van der Waals surface area contributed by atoms with Crippen molar-refractivity contribution >= 4 is 38.6 Å². The highest BCUT2D eigenvalue weighted by Gasteiger charge is 2.25. The van der Waals surface area contributed by atoms with E-state index >= 15 is 0 Å². The molecule has 2 aromatic rings. The Labute approximate surface area is 138 Å². The van der Waals surface area contributed by atoms with Crippen LogP contribution in [0.4, 0.5) is 4.39 Å². The van der Waals surface area contributed by atoms with Gasteiger partial charge in [0.1, 0.15) is 11.6 Å². The Hall–Kier alpha value is -0.650. The zero-order valence-electron chi connectivity index (χ0n) is 12.9. The molecule has 0 aliphatic carbocycles. The van der Waals surface area contributed by atoms with Crippen LogP contribution in [-0.2, 0) is 6.54 Å². The van der Waals surface area contributed by atoms with E-state index in [2.05, 4.69) is 39.7 Å². The fraction of sp³-hybridized carbons (Fsp3) is 0.533. The Bertz CT molecular complexity index is 664. The molecule has 6 heteroatoms. The summed E-state index contributed by atoms with van der Waals surface area (Å²) in [6.07, 6.45) is 0. The average Bonchev–Trinajstić information content (AvgIpc) is 2.68. The van der Waals surface area contributed by atoms with Gasteiger partial charge in [0, 0.05) is 18.2 Å². The highest BCUT2D eigenvalue weighted by atomic mass is 79.9. The molecular weight excluding hydrogens is 357 g/mol. The molecule has 1 unspecified atom stereocenters. The number of hydrogen-bond donors (Lipinski definition) is 0. The van der Waals surface area contributed by atoms with E-state index in [1.54, 1.807) is 6.07 Å². The van der Waals surface area contributed by atoms with Crippen molar-refractivity contribution in [3.05, 3.63) is 28.2 Å². The maximum atomic E-state index is 13.9. The predicted octanol–water partition coefficient (Wildman–Crippen LogP) is 4.58. The molecular formula is C15H20BrClFN3. The van der Waals surface area contributed by atoms with Crippen LogP contribution in [0.1, 0.15) is 32.0 Å². The zero-order valence-corrected chi connectivity index (χ0v) is 15.3. The standard InChI is InChI=1S/C15H20BrClFN3/c1-9(17)14-19-12-6-10(16)11(18)7-13(12)21(14)8-15(2,3)20(4)5/h6-7,9H,8H2,1-5H3. The van der Waals surface area contributed by atoms with Crippen LogP contribution in [0.3, 0.4) is 0 Å². The van der Waals surface area contributed by atoms with Crippen molar-refractivity contribution in [2.75, 3.05) is 14.1 Å². The lowest BCUT2D eigenvalue weighted by atomic mass is 10.0. The highest BCUT2D eigenvalue weighted by Crippen LogP contribution is 2.30. The monoisotopic (exact) mass is 375 g/mol. The summed E-state index contributed by atoms with van der Waals surface area (Å²) in [5, 5.41) is -0.239. The molecule has 0 radical (unpaired) electrons. The van der Waals surface area contributed by atoms with E-state index in [1.807, 2.05) is 25.6 Å². The molecule has 1 aromatic heterocycles. The molecule has 0 saturated carbocycles. The number of benzene rings is 1. The number of hydrogen-bond acceptors (Lipinski definition) is 2. The van der Waals surface area contributed by atoms with Gasteiger partial charge in [-0.3, -0.25) is 0 Å². The molecule has 1 heterocycles. The van der Waals surface area contributed by atoms with E-state index in [1.165, 1.54) is 6.07 Å². The summed E-state index contributed by atoms with van der Waals surface area (Å²) >= 11 is 9.47. The van der Waals surface area contributed by atoms with Crippen LogP contribution in [0.25, 0.3) is 11.0 Å². The summed E-state index contributed by atoms with van der Waals surface area (Å²) in [5.41, 5.74) is 1.42. The van der Waals surface area contributed by atoms with E-state index in [4.69, 9.17) is 11.6 Å². The SMILES string of the molecule is CC(Cl)c1nc2cc(Br)c(F)cc2n1CC(C)(C)N(C)C. The van der Waals surface area contributed by atoms with Gasteiger partial charge in [-0.15, -0.1) is 11.6 Å². The van der Waals surface area contributed by atoms with Crippen molar-refractivity contribution in [3.63, 3.8) is 0 Å². The van der Waals surface area contributed by atoms with Crippen LogP contribution < -0.4 is 0 Å². The van der Waals surface area contributed by atoms with Crippen LogP contribution in [0.5, 0.6) is 0 Å². The second kappa shape index (κ2) is 5.86. The molecule has 1 aromatic carbocycles. The van der Waals surface area contributed by atoms with Gasteiger partial charge in [-0.25, -0.2) is 9.37 Å². The first-order valence-corrected chi connectivity index (χ1v) is 8.03. The van der Waals surface area contributed by atoms with E-state index in [9.17, 15) is 4.39 Å². The summed E-state index contributed by atoms with van der Waals surface area (Å²) in [6, 6.07) is 3.22. The minimum atomic E-state index is -0.292. The molecule has 0 amide bonds. The number of rotatable bonds is 4. The van der Waals surface area contributed by atoms with Gasteiger partial charge in [-0.05, 0) is 56.9 Å². The van der Waals surface area contributed by atoms with Crippen molar-refractivity contribution in [2.45, 2.75) is 38.2 Å². The van der Waals surface area contributed by atoms with Crippen molar-refractivity contribution in [2.24, 2.45) is 0 Å². The van der Waals surface area contributed by atoms with Crippen LogP contribution in [0, 0.1) is 5.82 Å². The molecule has 0 aliphatic rings. The molecule has 3 nitrogen and oxygen atoms in total. The molecule has 0 fully saturated rings. The Morgan fingerprint density at radius 3 is 2.57 bits per heavy atom. The first-order chi connectivity index (χ1) is 9.63. The summed E-state index contributed by atoms with van der Waals surface area (Å²) in [5.74, 6) is 0.471. The molecule has 0 saturated heterocycles. The number of likely N-dealkylation sites (N-methyl/N-ethyl adjacent to an activating group) is 1. The smallest absolute Gasteiger partial charge is 0.139 e. The first-order valence-electron chi connectivity index (χ1n) is 6.80. The van der Waals surface area contributed by atoms with E-state index in [-0.39, 0.29) is 16.7 Å². The highest BCUT2D eigenvalue weighted by molar-refractivity contribution is 9.10. The van der Waals surface area contributed by atoms with Gasteiger partial charge in [-0.1, -0.05) is 0 Å². The van der Waals surface area contributed by atoms with Crippen molar-refractivity contribution in [1.82, 2.24) is 14.5 Å². The normalized spacial score (nSPS) is 14.1. The molecule has 1 atom stereocenters. The molecule has 0 spiro atoms. The quantitative estimate of drug-likeness (QED) is 0.728. The maximum absolute atomic E-state index is 13.9.